The Morgan fingerprint density at radius 1 is 0.850 bits per heavy atom. The molecule has 0 heterocycles. The number of hydrogen-bond acceptors (Lipinski definition) is 1. The molecule has 0 saturated carbocycles. The molecule has 1 nitrogen and oxygen atoms in total. The number of nitrogens with one attached hydrogen (secondary N) is 1. The molecule has 0 amide bonds. The average Bonchev–Trinajstić information content (AvgIpc) is 2.41. The lowest BCUT2D eigenvalue weighted by Gasteiger charge is -2.12. The number of hydrogen-bond donors (Lipinski definition) is 1. The maximum absolute atomic E-state index is 13.8. The quantitative estimate of drug-likeness (QED) is 0.660. The van der Waals surface area contributed by atoms with Crippen LogP contribution < -0.4 is 5.32 Å². The normalized spacial score (nSPS) is 10.8. The third kappa shape index (κ3) is 2.99. The van der Waals surface area contributed by atoms with Gasteiger partial charge in [0.15, 0.2) is 11.6 Å². The van der Waals surface area contributed by atoms with Gasteiger partial charge in [-0.1, -0.05) is 13.0 Å². The molecule has 2 aromatic carbocycles. The van der Waals surface area contributed by atoms with Crippen LogP contribution in [0.2, 0.25) is 0 Å². The summed E-state index contributed by atoms with van der Waals surface area (Å²) in [6.07, 6.45) is 0. The maximum Gasteiger partial charge on any atom is 0.161 e. The van der Waals surface area contributed by atoms with Gasteiger partial charge >= 0.3 is 0 Å². The summed E-state index contributed by atoms with van der Waals surface area (Å²) in [7, 11) is 0. The molecule has 0 fully saturated rings. The lowest BCUT2D eigenvalue weighted by atomic mass is 9.98. The summed E-state index contributed by atoms with van der Waals surface area (Å²) in [6.45, 7) is 2.83. The van der Waals surface area contributed by atoms with Crippen LogP contribution in [0.25, 0.3) is 11.1 Å². The zero-order valence-corrected chi connectivity index (χ0v) is 10.8. The van der Waals surface area contributed by atoms with Gasteiger partial charge in [0.1, 0.15) is 11.6 Å². The van der Waals surface area contributed by atoms with E-state index in [2.05, 4.69) is 5.32 Å². The van der Waals surface area contributed by atoms with Gasteiger partial charge in [0.25, 0.3) is 0 Å². The lowest BCUT2D eigenvalue weighted by Crippen LogP contribution is -2.13. The highest BCUT2D eigenvalue weighted by Crippen LogP contribution is 2.29. The number of rotatable bonds is 4. The van der Waals surface area contributed by atoms with Gasteiger partial charge in [-0.3, -0.25) is 0 Å². The summed E-state index contributed by atoms with van der Waals surface area (Å²) in [4.78, 5) is 0. The summed E-state index contributed by atoms with van der Waals surface area (Å²) < 4.78 is 53.3. The van der Waals surface area contributed by atoms with Crippen molar-refractivity contribution < 1.29 is 17.6 Å². The Balaban J connectivity index is 2.54. The molecule has 0 unspecified atom stereocenters. The second kappa shape index (κ2) is 6.05. The van der Waals surface area contributed by atoms with Crippen LogP contribution in [0.1, 0.15) is 12.5 Å². The number of benzene rings is 2. The van der Waals surface area contributed by atoms with Crippen molar-refractivity contribution in [2.24, 2.45) is 0 Å². The van der Waals surface area contributed by atoms with Gasteiger partial charge in [0.05, 0.1) is 0 Å². The first-order chi connectivity index (χ1) is 9.52. The van der Waals surface area contributed by atoms with E-state index in [-0.39, 0.29) is 5.56 Å². The van der Waals surface area contributed by atoms with Crippen molar-refractivity contribution in [1.82, 2.24) is 5.32 Å². The smallest absolute Gasteiger partial charge is 0.161 e. The minimum Gasteiger partial charge on any atom is -0.313 e. The molecule has 0 aliphatic rings. The molecule has 2 aromatic rings. The van der Waals surface area contributed by atoms with Gasteiger partial charge in [-0.15, -0.1) is 0 Å². The second-order valence-corrected chi connectivity index (χ2v) is 4.33. The minimum absolute atomic E-state index is 0.0863. The Hall–Kier alpha value is -1.88. The number of halogens is 4. The van der Waals surface area contributed by atoms with Crippen LogP contribution in [0.5, 0.6) is 0 Å². The van der Waals surface area contributed by atoms with E-state index in [1.165, 1.54) is 12.1 Å². The molecular weight excluding hydrogens is 270 g/mol. The van der Waals surface area contributed by atoms with Crippen LogP contribution in [-0.4, -0.2) is 6.54 Å². The predicted octanol–water partition coefficient (Wildman–Crippen LogP) is 4.02. The zero-order valence-electron chi connectivity index (χ0n) is 10.8. The first kappa shape index (κ1) is 14.5. The summed E-state index contributed by atoms with van der Waals surface area (Å²) in [5.41, 5.74) is 0.734. The molecule has 106 valence electrons. The van der Waals surface area contributed by atoms with Gasteiger partial charge < -0.3 is 5.32 Å². The van der Waals surface area contributed by atoms with Crippen molar-refractivity contribution in [2.45, 2.75) is 13.5 Å². The van der Waals surface area contributed by atoms with E-state index in [0.717, 1.165) is 12.1 Å². The Bertz CT molecular complexity index is 626. The lowest BCUT2D eigenvalue weighted by molar-refractivity contribution is 0.496. The van der Waals surface area contributed by atoms with Gasteiger partial charge in [-0.2, -0.15) is 0 Å². The predicted molar refractivity (Wildman–Crippen MR) is 69.1 cm³/mol. The topological polar surface area (TPSA) is 12.0 Å². The van der Waals surface area contributed by atoms with E-state index >= 15 is 0 Å². The molecule has 0 aromatic heterocycles. The summed E-state index contributed by atoms with van der Waals surface area (Å²) in [5, 5.41) is 2.99. The Kier molecular flexibility index (Phi) is 4.39. The molecule has 0 bridgehead atoms. The van der Waals surface area contributed by atoms with E-state index in [1.807, 2.05) is 6.92 Å². The minimum atomic E-state index is -1.25. The van der Waals surface area contributed by atoms with Crippen LogP contribution in [0, 0.1) is 23.3 Å². The van der Waals surface area contributed by atoms with Crippen LogP contribution in [0.15, 0.2) is 30.3 Å². The monoisotopic (exact) mass is 283 g/mol. The fourth-order valence-electron chi connectivity index (χ4n) is 1.96. The highest BCUT2D eigenvalue weighted by Gasteiger charge is 2.14. The van der Waals surface area contributed by atoms with Crippen LogP contribution in [-0.2, 0) is 6.54 Å². The molecule has 5 heteroatoms. The average molecular weight is 283 g/mol. The van der Waals surface area contributed by atoms with Gasteiger partial charge in [-0.25, -0.2) is 17.6 Å². The fourth-order valence-corrected chi connectivity index (χ4v) is 1.96. The van der Waals surface area contributed by atoms with Crippen molar-refractivity contribution in [1.29, 1.82) is 0 Å². The van der Waals surface area contributed by atoms with E-state index in [9.17, 15) is 17.6 Å². The van der Waals surface area contributed by atoms with Crippen molar-refractivity contribution in [3.63, 3.8) is 0 Å². The first-order valence-corrected chi connectivity index (χ1v) is 6.17. The third-order valence-electron chi connectivity index (χ3n) is 2.93. The van der Waals surface area contributed by atoms with Crippen molar-refractivity contribution in [3.05, 3.63) is 59.2 Å². The van der Waals surface area contributed by atoms with Crippen LogP contribution in [0.4, 0.5) is 17.6 Å². The third-order valence-corrected chi connectivity index (χ3v) is 2.93. The molecule has 0 aliphatic carbocycles. The molecule has 0 aliphatic heterocycles. The SMILES string of the molecule is CCNCc1cc(F)ccc1-c1cc(F)c(F)cc1F. The first-order valence-electron chi connectivity index (χ1n) is 6.17. The highest BCUT2D eigenvalue weighted by molar-refractivity contribution is 5.68. The van der Waals surface area contributed by atoms with Crippen molar-refractivity contribution in [3.8, 4) is 11.1 Å². The summed E-state index contributed by atoms with van der Waals surface area (Å²) >= 11 is 0. The summed E-state index contributed by atoms with van der Waals surface area (Å²) in [6, 6.07) is 5.04. The molecular formula is C15H13F4N. The Labute approximate surface area is 114 Å². The van der Waals surface area contributed by atoms with Crippen LogP contribution in [0.3, 0.4) is 0 Å². The van der Waals surface area contributed by atoms with E-state index < -0.39 is 23.3 Å². The Morgan fingerprint density at radius 2 is 1.55 bits per heavy atom. The Morgan fingerprint density at radius 3 is 2.25 bits per heavy atom. The van der Waals surface area contributed by atoms with E-state index in [0.29, 0.717) is 30.3 Å². The van der Waals surface area contributed by atoms with E-state index in [1.54, 1.807) is 0 Å². The van der Waals surface area contributed by atoms with Gasteiger partial charge in [0.2, 0.25) is 0 Å². The molecule has 0 atom stereocenters. The highest BCUT2D eigenvalue weighted by atomic mass is 19.2. The molecule has 2 rings (SSSR count). The standard InChI is InChI=1S/C15H13F4N/c1-2-20-8-9-5-10(16)3-4-11(9)12-6-14(18)15(19)7-13(12)17/h3-7,20H,2,8H2,1H3. The molecule has 0 saturated heterocycles. The molecule has 0 spiro atoms. The maximum atomic E-state index is 13.8. The van der Waals surface area contributed by atoms with Gasteiger partial charge in [-0.05, 0) is 35.9 Å². The fraction of sp³-hybridized carbons (Fsp3) is 0.200. The second-order valence-electron chi connectivity index (χ2n) is 4.33. The molecule has 1 N–H and O–H groups in total. The van der Waals surface area contributed by atoms with E-state index in [4.69, 9.17) is 0 Å². The largest absolute Gasteiger partial charge is 0.313 e. The summed E-state index contributed by atoms with van der Waals surface area (Å²) in [5.74, 6) is -3.74. The zero-order chi connectivity index (χ0) is 14.7. The van der Waals surface area contributed by atoms with Crippen molar-refractivity contribution >= 4 is 0 Å². The van der Waals surface area contributed by atoms with Crippen molar-refractivity contribution in [2.75, 3.05) is 6.54 Å². The molecule has 0 radical (unpaired) electrons. The molecule has 20 heavy (non-hydrogen) atoms. The van der Waals surface area contributed by atoms with Crippen LogP contribution >= 0.6 is 0 Å². The van der Waals surface area contributed by atoms with Gasteiger partial charge in [0, 0.05) is 18.2 Å².